The fraction of sp³-hybridized carbons (Fsp3) is 0.636. The molecule has 1 aromatic rings. The number of alkyl halides is 3. The second kappa shape index (κ2) is 10.1. The molecule has 3 atom stereocenters. The lowest BCUT2D eigenvalue weighted by Crippen LogP contribution is -2.68. The second-order valence-corrected chi connectivity index (χ2v) is 16.0. The number of fused-ring (bicyclic) bond motifs is 1. The van der Waals surface area contributed by atoms with Gasteiger partial charge in [0.25, 0.3) is 5.79 Å². The summed E-state index contributed by atoms with van der Waals surface area (Å²) in [4.78, 5) is 26.5. The summed E-state index contributed by atoms with van der Waals surface area (Å²) in [7, 11) is -5.95. The Morgan fingerprint density at radius 2 is 1.63 bits per heavy atom. The van der Waals surface area contributed by atoms with Gasteiger partial charge in [0.1, 0.15) is 5.56 Å². The first-order valence-electron chi connectivity index (χ1n) is 11.5. The highest BCUT2D eigenvalue weighted by Crippen LogP contribution is 2.66. The average Bonchev–Trinajstić information content (AvgIpc) is 2.83. The van der Waals surface area contributed by atoms with Crippen molar-refractivity contribution >= 4 is 112 Å². The maximum atomic E-state index is 13.9. The van der Waals surface area contributed by atoms with Crippen LogP contribution in [0.15, 0.2) is 0 Å². The second-order valence-electron chi connectivity index (χ2n) is 10.2. The summed E-state index contributed by atoms with van der Waals surface area (Å²) in [6.45, 7) is -0.773. The molecule has 4 bridgehead atoms. The molecule has 0 radical (unpaired) electrons. The highest BCUT2D eigenvalue weighted by atomic mass is 127. The molecule has 0 aromatic heterocycles. The molecule has 6 rings (SSSR count). The standard InChI is InChI=1S/C22H19F3I4O8S/c23-11(22(24,25)38(32,33)34)1-2-35-19(31)20-5-8-3-9(6-20)21(10(4-8)7-20)36-17-12(18(30)37-21)13(26)14(27)15(28)16(17)29/h8-11H,1-7H2,(H,32,33,34). The van der Waals surface area contributed by atoms with Crippen LogP contribution >= 0.6 is 90.4 Å². The maximum absolute atomic E-state index is 13.9. The van der Waals surface area contributed by atoms with Crippen LogP contribution in [0.1, 0.15) is 48.9 Å². The molecule has 0 saturated heterocycles. The van der Waals surface area contributed by atoms with Gasteiger partial charge in [-0.2, -0.15) is 17.2 Å². The zero-order chi connectivity index (χ0) is 28.0. The van der Waals surface area contributed by atoms with E-state index >= 15 is 0 Å². The zero-order valence-corrected chi connectivity index (χ0v) is 28.6. The topological polar surface area (TPSA) is 116 Å². The van der Waals surface area contributed by atoms with Crippen LogP contribution in [0.2, 0.25) is 0 Å². The van der Waals surface area contributed by atoms with Gasteiger partial charge in [-0.1, -0.05) is 0 Å². The first-order chi connectivity index (χ1) is 17.5. The van der Waals surface area contributed by atoms with E-state index in [0.29, 0.717) is 30.6 Å². The highest BCUT2D eigenvalue weighted by molar-refractivity contribution is 14.1. The molecule has 210 valence electrons. The Morgan fingerprint density at radius 1 is 1.05 bits per heavy atom. The van der Waals surface area contributed by atoms with E-state index in [2.05, 4.69) is 90.4 Å². The summed E-state index contributed by atoms with van der Waals surface area (Å²) in [5, 5.41) is -5.00. The molecule has 16 heteroatoms. The zero-order valence-electron chi connectivity index (χ0n) is 19.1. The van der Waals surface area contributed by atoms with E-state index in [1.807, 2.05) is 0 Å². The van der Waals surface area contributed by atoms with E-state index in [-0.39, 0.29) is 30.6 Å². The molecule has 38 heavy (non-hydrogen) atoms. The van der Waals surface area contributed by atoms with Gasteiger partial charge in [0.15, 0.2) is 11.9 Å². The summed E-state index contributed by atoms with van der Waals surface area (Å²) in [6, 6.07) is 0. The predicted molar refractivity (Wildman–Crippen MR) is 159 cm³/mol. The first-order valence-corrected chi connectivity index (χ1v) is 17.2. The third-order valence-electron chi connectivity index (χ3n) is 8.02. The van der Waals surface area contributed by atoms with Gasteiger partial charge in [-0.05, 0) is 128 Å². The summed E-state index contributed by atoms with van der Waals surface area (Å²) in [5.74, 6) is -2.36. The summed E-state index contributed by atoms with van der Waals surface area (Å²) >= 11 is 8.66. The molecule has 1 N–H and O–H groups in total. The number of esters is 2. The van der Waals surface area contributed by atoms with Crippen LogP contribution in [0, 0.1) is 37.4 Å². The number of benzene rings is 1. The molecule has 4 fully saturated rings. The number of rotatable bonds is 6. The van der Waals surface area contributed by atoms with E-state index in [4.69, 9.17) is 18.8 Å². The predicted octanol–water partition coefficient (Wildman–Crippen LogP) is 5.93. The van der Waals surface area contributed by atoms with Gasteiger partial charge in [-0.15, -0.1) is 0 Å². The molecule has 8 nitrogen and oxygen atoms in total. The van der Waals surface area contributed by atoms with Crippen molar-refractivity contribution in [1.29, 1.82) is 0 Å². The molecule has 1 aromatic carbocycles. The Kier molecular flexibility index (Phi) is 7.98. The molecule has 0 amide bonds. The smallest absolute Gasteiger partial charge is 0.400 e. The normalized spacial score (nSPS) is 32.5. The van der Waals surface area contributed by atoms with Crippen molar-refractivity contribution in [1.82, 2.24) is 0 Å². The van der Waals surface area contributed by atoms with Crippen molar-refractivity contribution in [3.8, 4) is 5.75 Å². The largest absolute Gasteiger partial charge is 0.465 e. The summed E-state index contributed by atoms with van der Waals surface area (Å²) < 4.78 is 92.2. The van der Waals surface area contributed by atoms with Gasteiger partial charge in [-0.3, -0.25) is 9.35 Å². The lowest BCUT2D eigenvalue weighted by atomic mass is 9.47. The van der Waals surface area contributed by atoms with Gasteiger partial charge in [0, 0.05) is 29.0 Å². The van der Waals surface area contributed by atoms with E-state index in [1.54, 1.807) is 0 Å². The molecule has 4 aliphatic carbocycles. The van der Waals surface area contributed by atoms with Gasteiger partial charge in [0.2, 0.25) is 0 Å². The van der Waals surface area contributed by atoms with Crippen molar-refractivity contribution in [2.24, 2.45) is 23.2 Å². The molecule has 1 heterocycles. The van der Waals surface area contributed by atoms with E-state index in [9.17, 15) is 31.2 Å². The van der Waals surface area contributed by atoms with Crippen LogP contribution in [0.25, 0.3) is 0 Å². The summed E-state index contributed by atoms with van der Waals surface area (Å²) in [5.41, 5.74) is -0.576. The molecular formula is C22H19F3I4O8S. The van der Waals surface area contributed by atoms with Gasteiger partial charge >= 0.3 is 27.3 Å². The number of carbonyl (C=O) groups excluding carboxylic acids is 2. The third kappa shape index (κ3) is 4.58. The van der Waals surface area contributed by atoms with Gasteiger partial charge < -0.3 is 14.2 Å². The quantitative estimate of drug-likeness (QED) is 0.123. The van der Waals surface area contributed by atoms with E-state index in [0.717, 1.165) is 14.3 Å². The minimum Gasteiger partial charge on any atom is -0.465 e. The van der Waals surface area contributed by atoms with Gasteiger partial charge in [0.05, 0.1) is 15.6 Å². The average molecular weight is 1010 g/mol. The summed E-state index contributed by atoms with van der Waals surface area (Å²) in [6.07, 6.45) is -1.90. The fourth-order valence-electron chi connectivity index (χ4n) is 6.51. The molecule has 1 aliphatic heterocycles. The van der Waals surface area contributed by atoms with Crippen LogP contribution in [0.5, 0.6) is 5.75 Å². The van der Waals surface area contributed by atoms with Crippen LogP contribution in [-0.4, -0.2) is 48.7 Å². The lowest BCUT2D eigenvalue weighted by Gasteiger charge is -2.62. The number of hydrogen-bond acceptors (Lipinski definition) is 7. The SMILES string of the molecule is O=C1OC2(Oc3c(I)c(I)c(I)c(I)c31)C1CC3CC2CC(C(=O)OCCC(F)C(F)(F)S(=O)(=O)O)(C3)C1. The Morgan fingerprint density at radius 3 is 2.21 bits per heavy atom. The fourth-order valence-corrected chi connectivity index (χ4v) is 10.4. The van der Waals surface area contributed by atoms with Crippen molar-refractivity contribution in [2.45, 2.75) is 55.7 Å². The van der Waals surface area contributed by atoms with Gasteiger partial charge in [-0.25, -0.2) is 9.18 Å². The monoisotopic (exact) mass is 1010 g/mol. The van der Waals surface area contributed by atoms with Crippen molar-refractivity contribution in [2.75, 3.05) is 6.61 Å². The third-order valence-corrected chi connectivity index (χ3v) is 16.3. The number of hydrogen-bond donors (Lipinski definition) is 1. The molecule has 5 aliphatic rings. The number of ether oxygens (including phenoxy) is 3. The van der Waals surface area contributed by atoms with E-state index in [1.165, 1.54) is 0 Å². The molecular weight excluding hydrogens is 989 g/mol. The first kappa shape index (κ1) is 30.1. The Balaban J connectivity index is 1.35. The van der Waals surface area contributed by atoms with E-state index < -0.39 is 57.7 Å². The lowest BCUT2D eigenvalue weighted by molar-refractivity contribution is -0.294. The van der Waals surface area contributed by atoms with Crippen LogP contribution in [-0.2, 0) is 24.4 Å². The number of halogens is 7. The number of carbonyl (C=O) groups is 2. The molecule has 4 saturated carbocycles. The molecule has 3 unspecified atom stereocenters. The minimum absolute atomic E-state index is 0.142. The minimum atomic E-state index is -5.95. The Bertz CT molecular complexity index is 1320. The van der Waals surface area contributed by atoms with Crippen LogP contribution in [0.3, 0.4) is 0 Å². The Labute approximate surface area is 270 Å². The van der Waals surface area contributed by atoms with Crippen molar-refractivity contribution < 1.29 is 49.9 Å². The molecule has 1 spiro atoms. The van der Waals surface area contributed by atoms with Crippen molar-refractivity contribution in [3.05, 3.63) is 19.8 Å². The van der Waals surface area contributed by atoms with Crippen molar-refractivity contribution in [3.63, 3.8) is 0 Å². The van der Waals surface area contributed by atoms with Crippen LogP contribution in [0.4, 0.5) is 13.2 Å². The highest BCUT2D eigenvalue weighted by Gasteiger charge is 2.69. The Hall–Kier alpha value is 0.580. The maximum Gasteiger partial charge on any atom is 0.400 e. The van der Waals surface area contributed by atoms with Crippen LogP contribution < -0.4 is 4.74 Å².